The monoisotopic (exact) mass is 360 g/mol. The summed E-state index contributed by atoms with van der Waals surface area (Å²) in [6.07, 6.45) is 5.48. The van der Waals surface area contributed by atoms with E-state index in [1.165, 1.54) is 0 Å². The number of carboxylic acid groups (broad SMARTS) is 1. The Morgan fingerprint density at radius 1 is 1.26 bits per heavy atom. The average Bonchev–Trinajstić information content (AvgIpc) is 2.51. The van der Waals surface area contributed by atoms with Gasteiger partial charge in [0.15, 0.2) is 0 Å². The topological polar surface area (TPSA) is 92.4 Å². The minimum Gasteiger partial charge on any atom is -0.480 e. The number of halogens is 1. The molecule has 23 heavy (non-hydrogen) atoms. The molecular formula is C16H25ClN2O3S. The molecule has 0 bridgehead atoms. The molecule has 7 heteroatoms. The number of carboxylic acids is 1. The SMILES string of the molecule is N[C@@H](Cc1cccc(NS(=O)CCCCCCCCl)c1)C(=O)O. The molecular weight excluding hydrogens is 336 g/mol. The van der Waals surface area contributed by atoms with Crippen LogP contribution in [0.25, 0.3) is 0 Å². The second-order valence-electron chi connectivity index (χ2n) is 5.46. The van der Waals surface area contributed by atoms with Gasteiger partial charge in [0.25, 0.3) is 0 Å². The van der Waals surface area contributed by atoms with Crippen LogP contribution in [0.15, 0.2) is 24.3 Å². The van der Waals surface area contributed by atoms with Crippen LogP contribution < -0.4 is 10.5 Å². The summed E-state index contributed by atoms with van der Waals surface area (Å²) in [7, 11) is -1.13. The fourth-order valence-electron chi connectivity index (χ4n) is 2.14. The van der Waals surface area contributed by atoms with E-state index in [0.717, 1.165) is 43.4 Å². The van der Waals surface area contributed by atoms with Gasteiger partial charge < -0.3 is 15.6 Å². The highest BCUT2D eigenvalue weighted by Gasteiger charge is 2.12. The first-order chi connectivity index (χ1) is 11.0. The van der Waals surface area contributed by atoms with Crippen LogP contribution in [0, 0.1) is 0 Å². The average molecular weight is 361 g/mol. The van der Waals surface area contributed by atoms with E-state index in [1.54, 1.807) is 12.1 Å². The van der Waals surface area contributed by atoms with Gasteiger partial charge in [0, 0.05) is 17.3 Å². The summed E-state index contributed by atoms with van der Waals surface area (Å²) in [4.78, 5) is 10.8. The molecule has 0 aliphatic heterocycles. The Morgan fingerprint density at radius 2 is 1.96 bits per heavy atom. The number of rotatable bonds is 12. The van der Waals surface area contributed by atoms with Crippen LogP contribution in [0.4, 0.5) is 5.69 Å². The van der Waals surface area contributed by atoms with Gasteiger partial charge in [0.2, 0.25) is 0 Å². The molecule has 0 aliphatic carbocycles. The van der Waals surface area contributed by atoms with Crippen molar-refractivity contribution < 1.29 is 14.1 Å². The molecule has 1 rings (SSSR count). The number of aliphatic carboxylic acids is 1. The molecule has 2 atom stereocenters. The number of anilines is 1. The predicted molar refractivity (Wildman–Crippen MR) is 96.2 cm³/mol. The minimum atomic E-state index is -1.13. The van der Waals surface area contributed by atoms with Gasteiger partial charge in [-0.15, -0.1) is 11.6 Å². The van der Waals surface area contributed by atoms with E-state index in [9.17, 15) is 9.00 Å². The van der Waals surface area contributed by atoms with Crippen LogP contribution >= 0.6 is 11.6 Å². The van der Waals surface area contributed by atoms with Crippen LogP contribution in [0.2, 0.25) is 0 Å². The first-order valence-corrected chi connectivity index (χ1v) is 9.66. The largest absolute Gasteiger partial charge is 0.480 e. The zero-order chi connectivity index (χ0) is 17.1. The van der Waals surface area contributed by atoms with E-state index in [0.29, 0.717) is 11.6 Å². The number of nitrogens with one attached hydrogen (secondary N) is 1. The third kappa shape index (κ3) is 8.93. The molecule has 1 unspecified atom stereocenters. The molecule has 0 radical (unpaired) electrons. The van der Waals surface area contributed by atoms with Crippen LogP contribution in [0.1, 0.15) is 37.7 Å². The standard InChI is InChI=1S/C16H25ClN2O3S/c17-9-4-2-1-3-5-10-23(22)19-14-8-6-7-13(11-14)12-15(18)16(20)21/h6-8,11,15,19H,1-5,9-10,12,18H2,(H,20,21)/t15-,23?/m0/s1. The van der Waals surface area contributed by atoms with Crippen molar-refractivity contribution in [2.45, 2.75) is 44.6 Å². The molecule has 0 aromatic heterocycles. The van der Waals surface area contributed by atoms with Crippen molar-refractivity contribution in [3.05, 3.63) is 29.8 Å². The number of carbonyl (C=O) groups is 1. The molecule has 0 spiro atoms. The number of alkyl halides is 1. The maximum absolute atomic E-state index is 12.0. The summed E-state index contributed by atoms with van der Waals surface area (Å²) in [5.74, 6) is 0.274. The molecule has 5 nitrogen and oxygen atoms in total. The van der Waals surface area contributed by atoms with Gasteiger partial charge in [-0.2, -0.15) is 0 Å². The third-order valence-electron chi connectivity index (χ3n) is 3.39. The van der Waals surface area contributed by atoms with Gasteiger partial charge >= 0.3 is 5.97 Å². The van der Waals surface area contributed by atoms with Gasteiger partial charge in [0.05, 0.1) is 0 Å². The molecule has 0 saturated heterocycles. The molecule has 1 aromatic carbocycles. The first-order valence-electron chi connectivity index (χ1n) is 7.81. The zero-order valence-corrected chi connectivity index (χ0v) is 14.7. The van der Waals surface area contributed by atoms with E-state index < -0.39 is 23.0 Å². The highest BCUT2D eigenvalue weighted by atomic mass is 35.5. The number of benzene rings is 1. The third-order valence-corrected chi connectivity index (χ3v) is 4.78. The molecule has 1 aromatic rings. The Morgan fingerprint density at radius 3 is 2.65 bits per heavy atom. The Kier molecular flexibility index (Phi) is 9.91. The van der Waals surface area contributed by atoms with Crippen molar-refractivity contribution in [2.75, 3.05) is 16.4 Å². The molecule has 0 saturated carbocycles. The fourth-order valence-corrected chi connectivity index (χ4v) is 3.29. The molecule has 0 amide bonds. The molecule has 0 heterocycles. The van der Waals surface area contributed by atoms with Crippen LogP contribution in [0.5, 0.6) is 0 Å². The lowest BCUT2D eigenvalue weighted by molar-refractivity contribution is -0.138. The van der Waals surface area contributed by atoms with Gasteiger partial charge in [-0.3, -0.25) is 4.79 Å². The first kappa shape index (κ1) is 19.9. The van der Waals surface area contributed by atoms with Crippen molar-refractivity contribution in [3.8, 4) is 0 Å². The lowest BCUT2D eigenvalue weighted by Crippen LogP contribution is -2.32. The summed E-state index contributed by atoms with van der Waals surface area (Å²) < 4.78 is 15.0. The van der Waals surface area contributed by atoms with Gasteiger partial charge in [0.1, 0.15) is 17.0 Å². The summed E-state index contributed by atoms with van der Waals surface area (Å²) in [5, 5.41) is 8.84. The highest BCUT2D eigenvalue weighted by molar-refractivity contribution is 7.86. The smallest absolute Gasteiger partial charge is 0.320 e. The van der Waals surface area contributed by atoms with Crippen LogP contribution in [0.3, 0.4) is 0 Å². The molecule has 0 aliphatic rings. The summed E-state index contributed by atoms with van der Waals surface area (Å²) in [6, 6.07) is 6.29. The predicted octanol–water partition coefficient (Wildman–Crippen LogP) is 2.91. The van der Waals surface area contributed by atoms with Crippen molar-refractivity contribution in [1.29, 1.82) is 0 Å². The van der Waals surface area contributed by atoms with E-state index in [1.807, 2.05) is 12.1 Å². The maximum atomic E-state index is 12.0. The Bertz CT molecular complexity index is 514. The van der Waals surface area contributed by atoms with E-state index in [-0.39, 0.29) is 6.42 Å². The maximum Gasteiger partial charge on any atom is 0.320 e. The highest BCUT2D eigenvalue weighted by Crippen LogP contribution is 2.13. The summed E-state index contributed by atoms with van der Waals surface area (Å²) >= 11 is 5.62. The minimum absolute atomic E-state index is 0.248. The van der Waals surface area contributed by atoms with Crippen molar-refractivity contribution in [2.24, 2.45) is 5.73 Å². The fraction of sp³-hybridized carbons (Fsp3) is 0.562. The number of unbranched alkanes of at least 4 members (excludes halogenated alkanes) is 4. The molecule has 130 valence electrons. The number of nitrogens with two attached hydrogens (primary N) is 1. The zero-order valence-electron chi connectivity index (χ0n) is 13.2. The van der Waals surface area contributed by atoms with E-state index >= 15 is 0 Å². The van der Waals surface area contributed by atoms with Crippen molar-refractivity contribution in [1.82, 2.24) is 0 Å². The number of hydrogen-bond donors (Lipinski definition) is 3. The normalized spacial score (nSPS) is 13.5. The second-order valence-corrected chi connectivity index (χ2v) is 7.14. The van der Waals surface area contributed by atoms with Crippen LogP contribution in [-0.2, 0) is 22.2 Å². The second kappa shape index (κ2) is 11.4. The van der Waals surface area contributed by atoms with Crippen molar-refractivity contribution in [3.63, 3.8) is 0 Å². The number of hydrogen-bond acceptors (Lipinski definition) is 3. The van der Waals surface area contributed by atoms with Crippen molar-refractivity contribution >= 4 is 34.2 Å². The summed E-state index contributed by atoms with van der Waals surface area (Å²) in [5.41, 5.74) is 7.06. The Hall–Kier alpha value is -1.11. The quantitative estimate of drug-likeness (QED) is 0.394. The van der Waals surface area contributed by atoms with E-state index in [2.05, 4.69) is 4.72 Å². The summed E-state index contributed by atoms with van der Waals surface area (Å²) in [6.45, 7) is 0. The van der Waals surface area contributed by atoms with Gasteiger partial charge in [-0.1, -0.05) is 31.4 Å². The van der Waals surface area contributed by atoms with Gasteiger partial charge in [-0.05, 0) is 37.0 Å². The Labute approximate surface area is 145 Å². The lowest BCUT2D eigenvalue weighted by atomic mass is 10.1. The Balaban J connectivity index is 2.35. The lowest BCUT2D eigenvalue weighted by Gasteiger charge is -2.10. The molecule has 0 fully saturated rings. The molecule has 4 N–H and O–H groups in total. The van der Waals surface area contributed by atoms with Crippen LogP contribution in [-0.4, -0.2) is 33.0 Å². The van der Waals surface area contributed by atoms with Gasteiger partial charge in [-0.25, -0.2) is 4.21 Å². The van der Waals surface area contributed by atoms with E-state index in [4.69, 9.17) is 22.4 Å².